The maximum Gasteiger partial charge on any atom is 0.379 e. The smallest absolute Gasteiger partial charge is 0.379 e. The second-order valence-corrected chi connectivity index (χ2v) is 6.29. The summed E-state index contributed by atoms with van der Waals surface area (Å²) in [5.41, 5.74) is 2.04. The molecule has 1 atom stereocenters. The third-order valence-electron chi connectivity index (χ3n) is 4.09. The summed E-state index contributed by atoms with van der Waals surface area (Å²) in [6.45, 7) is 5.25. The van der Waals surface area contributed by atoms with Crippen molar-refractivity contribution in [3.63, 3.8) is 0 Å². The molecule has 0 spiro atoms. The van der Waals surface area contributed by atoms with Gasteiger partial charge in [-0.3, -0.25) is 4.79 Å². The van der Waals surface area contributed by atoms with Crippen molar-refractivity contribution in [3.05, 3.63) is 41.5 Å². The van der Waals surface area contributed by atoms with Crippen LogP contribution in [0.5, 0.6) is 11.5 Å². The molecule has 0 saturated heterocycles. The molecule has 4 rings (SSSR count). The van der Waals surface area contributed by atoms with Crippen molar-refractivity contribution in [2.45, 2.75) is 26.9 Å². The lowest BCUT2D eigenvalue weighted by Gasteiger charge is -2.12. The molecule has 0 aliphatic carbocycles. The Labute approximate surface area is 159 Å². The van der Waals surface area contributed by atoms with E-state index in [9.17, 15) is 9.59 Å². The Balaban J connectivity index is 1.44. The molecular formula is C18H17N5O5. The molecule has 144 valence electrons. The van der Waals surface area contributed by atoms with Gasteiger partial charge in [0.2, 0.25) is 6.79 Å². The predicted molar refractivity (Wildman–Crippen MR) is 96.3 cm³/mol. The van der Waals surface area contributed by atoms with E-state index in [0.717, 1.165) is 11.4 Å². The predicted octanol–water partition coefficient (Wildman–Crippen LogP) is 1.65. The number of aryl methyl sites for hydroxylation is 2. The van der Waals surface area contributed by atoms with Crippen molar-refractivity contribution >= 4 is 23.3 Å². The minimum Gasteiger partial charge on any atom is -0.454 e. The molecule has 2 aromatic heterocycles. The monoisotopic (exact) mass is 383 g/mol. The van der Waals surface area contributed by atoms with Crippen LogP contribution in [-0.4, -0.2) is 44.4 Å². The number of rotatable bonds is 4. The van der Waals surface area contributed by atoms with Crippen LogP contribution in [0.1, 0.15) is 28.9 Å². The molecule has 1 amide bonds. The van der Waals surface area contributed by atoms with E-state index in [-0.39, 0.29) is 12.6 Å². The molecule has 1 N–H and O–H groups in total. The lowest BCUT2D eigenvalue weighted by Crippen LogP contribution is -2.30. The fraction of sp³-hybridized carbons (Fsp3) is 0.278. The van der Waals surface area contributed by atoms with Crippen LogP contribution in [0, 0.1) is 13.8 Å². The molecular weight excluding hydrogens is 366 g/mol. The maximum absolute atomic E-state index is 12.3. The van der Waals surface area contributed by atoms with Gasteiger partial charge in [0.25, 0.3) is 17.5 Å². The Hall–Kier alpha value is -3.69. The second kappa shape index (κ2) is 6.80. The highest BCUT2D eigenvalue weighted by molar-refractivity contribution is 5.96. The number of ether oxygens (including phenoxy) is 3. The zero-order valence-electron chi connectivity index (χ0n) is 15.4. The van der Waals surface area contributed by atoms with Crippen LogP contribution in [0.15, 0.2) is 24.3 Å². The molecule has 1 aliphatic heterocycles. The van der Waals surface area contributed by atoms with Gasteiger partial charge in [-0.25, -0.2) is 14.3 Å². The van der Waals surface area contributed by atoms with Gasteiger partial charge < -0.3 is 19.5 Å². The molecule has 1 aliphatic rings. The zero-order valence-corrected chi connectivity index (χ0v) is 15.4. The third kappa shape index (κ3) is 3.31. The van der Waals surface area contributed by atoms with Gasteiger partial charge in [0, 0.05) is 23.1 Å². The lowest BCUT2D eigenvalue weighted by atomic mass is 10.2. The number of amides is 1. The summed E-state index contributed by atoms with van der Waals surface area (Å²) < 4.78 is 17.1. The van der Waals surface area contributed by atoms with Gasteiger partial charge in [0.15, 0.2) is 17.6 Å². The number of anilines is 1. The number of carbonyl (C=O) groups is 2. The normalized spacial score (nSPS) is 13.4. The van der Waals surface area contributed by atoms with Gasteiger partial charge in [-0.05, 0) is 39.0 Å². The summed E-state index contributed by atoms with van der Waals surface area (Å²) in [5.74, 6) is -0.0353. The van der Waals surface area contributed by atoms with E-state index in [2.05, 4.69) is 20.4 Å². The lowest BCUT2D eigenvalue weighted by molar-refractivity contribution is -0.123. The highest BCUT2D eigenvalue weighted by Crippen LogP contribution is 2.34. The summed E-state index contributed by atoms with van der Waals surface area (Å²) in [4.78, 5) is 33.0. The van der Waals surface area contributed by atoms with Gasteiger partial charge in [0.1, 0.15) is 0 Å². The minimum absolute atomic E-state index is 0.140. The van der Waals surface area contributed by atoms with Crippen molar-refractivity contribution in [1.29, 1.82) is 0 Å². The van der Waals surface area contributed by atoms with Gasteiger partial charge in [-0.2, -0.15) is 4.98 Å². The van der Waals surface area contributed by atoms with Crippen LogP contribution >= 0.6 is 0 Å². The zero-order chi connectivity index (χ0) is 19.8. The van der Waals surface area contributed by atoms with Crippen molar-refractivity contribution < 1.29 is 23.8 Å². The van der Waals surface area contributed by atoms with Crippen molar-refractivity contribution in [3.8, 4) is 11.5 Å². The molecule has 10 heteroatoms. The third-order valence-corrected chi connectivity index (χ3v) is 4.09. The van der Waals surface area contributed by atoms with Crippen LogP contribution in [0.2, 0.25) is 0 Å². The van der Waals surface area contributed by atoms with Crippen LogP contribution in [-0.2, 0) is 9.53 Å². The summed E-state index contributed by atoms with van der Waals surface area (Å²) in [6, 6.07) is 6.81. The van der Waals surface area contributed by atoms with Crippen molar-refractivity contribution in [2.24, 2.45) is 0 Å². The average molecular weight is 383 g/mol. The second-order valence-electron chi connectivity index (χ2n) is 6.29. The van der Waals surface area contributed by atoms with E-state index in [1.807, 2.05) is 19.9 Å². The standard InChI is InChI=1S/C18H17N5O5/c1-9-6-10(2)23-18(19-9)21-15(22-23)17(25)28-11(3)16(24)20-12-4-5-13-14(7-12)27-8-26-13/h4-7,11H,8H2,1-3H3,(H,20,24)/t11-/m1/s1. The summed E-state index contributed by atoms with van der Waals surface area (Å²) in [6.07, 6.45) is -1.06. The van der Waals surface area contributed by atoms with Crippen LogP contribution in [0.3, 0.4) is 0 Å². The maximum atomic E-state index is 12.3. The van der Waals surface area contributed by atoms with Crippen LogP contribution < -0.4 is 14.8 Å². The Morgan fingerprint density at radius 2 is 1.96 bits per heavy atom. The summed E-state index contributed by atoms with van der Waals surface area (Å²) >= 11 is 0. The van der Waals surface area contributed by atoms with Gasteiger partial charge in [-0.1, -0.05) is 0 Å². The SMILES string of the molecule is Cc1cc(C)n2nc(C(=O)O[C@H](C)C(=O)Nc3ccc4c(c3)OCO4)nc2n1. The Bertz CT molecular complexity index is 1090. The molecule has 0 bridgehead atoms. The number of nitrogens with one attached hydrogen (secondary N) is 1. The number of aromatic nitrogens is 4. The molecule has 3 heterocycles. The average Bonchev–Trinajstić information content (AvgIpc) is 3.27. The largest absolute Gasteiger partial charge is 0.454 e. The first-order valence-electron chi connectivity index (χ1n) is 8.53. The van der Waals surface area contributed by atoms with E-state index in [4.69, 9.17) is 14.2 Å². The molecule has 0 unspecified atom stereocenters. The Kier molecular flexibility index (Phi) is 4.30. The van der Waals surface area contributed by atoms with Crippen molar-refractivity contribution in [2.75, 3.05) is 12.1 Å². The summed E-state index contributed by atoms with van der Waals surface area (Å²) in [7, 11) is 0. The molecule has 0 saturated carbocycles. The molecule has 1 aromatic carbocycles. The molecule has 0 radical (unpaired) electrons. The quantitative estimate of drug-likeness (QED) is 0.676. The number of benzene rings is 1. The molecule has 10 nitrogen and oxygen atoms in total. The first kappa shape index (κ1) is 17.7. The molecule has 3 aromatic rings. The van der Waals surface area contributed by atoms with Gasteiger partial charge >= 0.3 is 5.97 Å². The molecule has 0 fully saturated rings. The highest BCUT2D eigenvalue weighted by Gasteiger charge is 2.23. The number of hydrogen-bond acceptors (Lipinski definition) is 8. The Morgan fingerprint density at radius 3 is 2.79 bits per heavy atom. The van der Waals surface area contributed by atoms with Gasteiger partial charge in [0.05, 0.1) is 0 Å². The Morgan fingerprint density at radius 1 is 1.18 bits per heavy atom. The molecule has 28 heavy (non-hydrogen) atoms. The number of hydrogen-bond donors (Lipinski definition) is 1. The van der Waals surface area contributed by atoms with E-state index in [1.54, 1.807) is 18.2 Å². The number of carbonyl (C=O) groups excluding carboxylic acids is 2. The number of esters is 1. The summed E-state index contributed by atoms with van der Waals surface area (Å²) in [5, 5.41) is 6.76. The number of fused-ring (bicyclic) bond motifs is 2. The van der Waals surface area contributed by atoms with E-state index >= 15 is 0 Å². The fourth-order valence-corrected chi connectivity index (χ4v) is 2.74. The van der Waals surface area contributed by atoms with E-state index in [0.29, 0.717) is 23.0 Å². The number of nitrogens with zero attached hydrogens (tertiary/aromatic N) is 4. The topological polar surface area (TPSA) is 117 Å². The van der Waals surface area contributed by atoms with Crippen LogP contribution in [0.25, 0.3) is 5.78 Å². The first-order chi connectivity index (χ1) is 13.4. The minimum atomic E-state index is -1.06. The highest BCUT2D eigenvalue weighted by atomic mass is 16.7. The van der Waals surface area contributed by atoms with Gasteiger partial charge in [-0.15, -0.1) is 5.10 Å². The van der Waals surface area contributed by atoms with E-state index < -0.39 is 18.0 Å². The van der Waals surface area contributed by atoms with E-state index in [1.165, 1.54) is 11.4 Å². The first-order valence-corrected chi connectivity index (χ1v) is 8.53. The van der Waals surface area contributed by atoms with Crippen LogP contribution in [0.4, 0.5) is 5.69 Å². The fourth-order valence-electron chi connectivity index (χ4n) is 2.74. The van der Waals surface area contributed by atoms with Crippen molar-refractivity contribution in [1.82, 2.24) is 19.6 Å².